The Labute approximate surface area is 196 Å². The van der Waals surface area contributed by atoms with Gasteiger partial charge in [-0.3, -0.25) is 9.59 Å². The van der Waals surface area contributed by atoms with Gasteiger partial charge in [-0.1, -0.05) is 54.1 Å². The average Bonchev–Trinajstić information content (AvgIpc) is 2.82. The summed E-state index contributed by atoms with van der Waals surface area (Å²) in [5, 5.41) is 3.31. The van der Waals surface area contributed by atoms with Gasteiger partial charge in [0, 0.05) is 29.9 Å². The van der Waals surface area contributed by atoms with E-state index in [0.717, 1.165) is 16.0 Å². The van der Waals surface area contributed by atoms with Gasteiger partial charge in [-0.15, -0.1) is 11.8 Å². The molecule has 0 aliphatic heterocycles. The first-order valence-electron chi connectivity index (χ1n) is 10.1. The zero-order chi connectivity index (χ0) is 22.9. The topological polar surface area (TPSA) is 49.4 Å². The predicted octanol–water partition coefficient (Wildman–Crippen LogP) is 4.96. The molecule has 0 radical (unpaired) electrons. The monoisotopic (exact) mass is 470 g/mol. The van der Waals surface area contributed by atoms with E-state index in [2.05, 4.69) is 5.32 Å². The van der Waals surface area contributed by atoms with Gasteiger partial charge in [-0.2, -0.15) is 0 Å². The second-order valence-corrected chi connectivity index (χ2v) is 8.70. The maximum absolute atomic E-state index is 13.4. The summed E-state index contributed by atoms with van der Waals surface area (Å²) < 4.78 is 13.4. The number of hydrogen-bond donors (Lipinski definition) is 1. The van der Waals surface area contributed by atoms with E-state index in [4.69, 9.17) is 11.6 Å². The van der Waals surface area contributed by atoms with Crippen molar-refractivity contribution in [3.63, 3.8) is 0 Å². The molecule has 0 spiro atoms. The van der Waals surface area contributed by atoms with Crippen LogP contribution >= 0.6 is 23.4 Å². The van der Waals surface area contributed by atoms with Crippen LogP contribution in [0.4, 0.5) is 4.39 Å². The Morgan fingerprint density at radius 3 is 2.25 bits per heavy atom. The molecule has 0 fully saturated rings. The molecule has 32 heavy (non-hydrogen) atoms. The lowest BCUT2D eigenvalue weighted by Gasteiger charge is -2.31. The Kier molecular flexibility index (Phi) is 8.71. The number of thioether (sulfide) groups is 1. The summed E-state index contributed by atoms with van der Waals surface area (Å²) in [6.07, 6.45) is 0.374. The van der Waals surface area contributed by atoms with E-state index in [-0.39, 0.29) is 29.9 Å². The Bertz CT molecular complexity index is 1030. The lowest BCUT2D eigenvalue weighted by atomic mass is 10.0. The molecule has 0 saturated carbocycles. The van der Waals surface area contributed by atoms with Crippen LogP contribution in [0.1, 0.15) is 11.1 Å². The number of halogens is 2. The third kappa shape index (κ3) is 6.84. The quantitative estimate of drug-likeness (QED) is 0.450. The van der Waals surface area contributed by atoms with Gasteiger partial charge in [0.05, 0.1) is 5.75 Å². The fourth-order valence-electron chi connectivity index (χ4n) is 3.27. The molecular formula is C25H24ClFN2O2S. The van der Waals surface area contributed by atoms with Gasteiger partial charge in [0.1, 0.15) is 11.9 Å². The summed E-state index contributed by atoms with van der Waals surface area (Å²) in [5.74, 6) is -0.623. The first-order chi connectivity index (χ1) is 15.5. The zero-order valence-electron chi connectivity index (χ0n) is 17.6. The Hall–Kier alpha value is -2.83. The number of amides is 2. The number of likely N-dealkylation sites (N-methyl/N-ethyl adjacent to an activating group) is 1. The number of rotatable bonds is 9. The normalized spacial score (nSPS) is 11.6. The minimum atomic E-state index is -0.703. The maximum atomic E-state index is 13.4. The largest absolute Gasteiger partial charge is 0.357 e. The van der Waals surface area contributed by atoms with Gasteiger partial charge in [0.2, 0.25) is 11.8 Å². The van der Waals surface area contributed by atoms with Crippen LogP contribution in [0.25, 0.3) is 0 Å². The molecule has 1 N–H and O–H groups in total. The van der Waals surface area contributed by atoms with Crippen LogP contribution in [0.2, 0.25) is 5.02 Å². The van der Waals surface area contributed by atoms with Crippen LogP contribution in [0.15, 0.2) is 83.8 Å². The highest BCUT2D eigenvalue weighted by molar-refractivity contribution is 8.00. The van der Waals surface area contributed by atoms with Crippen molar-refractivity contribution in [1.29, 1.82) is 0 Å². The third-order valence-electron chi connectivity index (χ3n) is 4.96. The van der Waals surface area contributed by atoms with Crippen LogP contribution < -0.4 is 5.32 Å². The standard InChI is InChI=1S/C25H24ClFN2O2S/c1-28-25(31)23(15-18-5-3-2-4-6-18)29(16-19-7-11-21(27)12-8-19)24(30)17-32-22-13-9-20(26)10-14-22/h2-14,23H,15-17H2,1H3,(H,28,31). The number of hydrogen-bond acceptors (Lipinski definition) is 3. The number of nitrogens with zero attached hydrogens (tertiary/aromatic N) is 1. The first-order valence-corrected chi connectivity index (χ1v) is 11.5. The summed E-state index contributed by atoms with van der Waals surface area (Å²) in [6.45, 7) is 0.200. The summed E-state index contributed by atoms with van der Waals surface area (Å²) in [5.41, 5.74) is 1.70. The molecule has 0 aliphatic carbocycles. The van der Waals surface area contributed by atoms with Crippen molar-refractivity contribution in [2.45, 2.75) is 23.9 Å². The Morgan fingerprint density at radius 2 is 1.62 bits per heavy atom. The molecule has 0 aliphatic rings. The molecule has 3 aromatic rings. The fraction of sp³-hybridized carbons (Fsp3) is 0.200. The summed E-state index contributed by atoms with van der Waals surface area (Å²) in [6, 6.07) is 22.1. The fourth-order valence-corrected chi connectivity index (χ4v) is 4.18. The molecule has 166 valence electrons. The molecule has 1 unspecified atom stereocenters. The molecule has 3 aromatic carbocycles. The minimum Gasteiger partial charge on any atom is -0.357 e. The van der Waals surface area contributed by atoms with E-state index >= 15 is 0 Å². The van der Waals surface area contributed by atoms with Crippen LogP contribution in [0.3, 0.4) is 0 Å². The molecular weight excluding hydrogens is 447 g/mol. The average molecular weight is 471 g/mol. The summed E-state index contributed by atoms with van der Waals surface area (Å²) in [4.78, 5) is 28.6. The van der Waals surface area contributed by atoms with Crippen LogP contribution in [-0.4, -0.2) is 35.6 Å². The summed E-state index contributed by atoms with van der Waals surface area (Å²) in [7, 11) is 1.56. The molecule has 3 rings (SSSR count). The van der Waals surface area contributed by atoms with E-state index in [1.54, 1.807) is 36.2 Å². The maximum Gasteiger partial charge on any atom is 0.242 e. The Morgan fingerprint density at radius 1 is 0.969 bits per heavy atom. The van der Waals surface area contributed by atoms with Crippen molar-refractivity contribution < 1.29 is 14.0 Å². The smallest absolute Gasteiger partial charge is 0.242 e. The predicted molar refractivity (Wildman–Crippen MR) is 127 cm³/mol. The molecule has 1 atom stereocenters. The van der Waals surface area contributed by atoms with Crippen molar-refractivity contribution in [3.05, 3.63) is 101 Å². The van der Waals surface area contributed by atoms with E-state index in [9.17, 15) is 14.0 Å². The number of benzene rings is 3. The highest BCUT2D eigenvalue weighted by atomic mass is 35.5. The minimum absolute atomic E-state index is 0.158. The molecule has 0 bridgehead atoms. The Balaban J connectivity index is 1.85. The van der Waals surface area contributed by atoms with Crippen LogP contribution in [0, 0.1) is 5.82 Å². The van der Waals surface area contributed by atoms with Crippen molar-refractivity contribution >= 4 is 35.2 Å². The van der Waals surface area contributed by atoms with Gasteiger partial charge in [0.25, 0.3) is 0 Å². The second kappa shape index (κ2) is 11.7. The van der Waals surface area contributed by atoms with Gasteiger partial charge in [0.15, 0.2) is 0 Å². The molecule has 7 heteroatoms. The highest BCUT2D eigenvalue weighted by Gasteiger charge is 2.29. The van der Waals surface area contributed by atoms with Gasteiger partial charge in [-0.25, -0.2) is 4.39 Å². The molecule has 0 heterocycles. The van der Waals surface area contributed by atoms with Crippen molar-refractivity contribution in [2.75, 3.05) is 12.8 Å². The van der Waals surface area contributed by atoms with Gasteiger partial charge >= 0.3 is 0 Å². The van der Waals surface area contributed by atoms with Crippen LogP contribution in [-0.2, 0) is 22.6 Å². The number of carbonyl (C=O) groups excluding carboxylic acids is 2. The molecule has 0 aromatic heterocycles. The van der Waals surface area contributed by atoms with Crippen molar-refractivity contribution in [3.8, 4) is 0 Å². The lowest BCUT2D eigenvalue weighted by molar-refractivity contribution is -0.139. The lowest BCUT2D eigenvalue weighted by Crippen LogP contribution is -2.50. The SMILES string of the molecule is CNC(=O)C(Cc1ccccc1)N(Cc1ccc(F)cc1)C(=O)CSc1ccc(Cl)cc1. The van der Waals surface area contributed by atoms with Gasteiger partial charge in [-0.05, 0) is 47.5 Å². The number of carbonyl (C=O) groups is 2. The van der Waals surface area contributed by atoms with Crippen molar-refractivity contribution in [1.82, 2.24) is 10.2 Å². The zero-order valence-corrected chi connectivity index (χ0v) is 19.2. The van der Waals surface area contributed by atoms with E-state index < -0.39 is 6.04 Å². The third-order valence-corrected chi connectivity index (χ3v) is 6.21. The second-order valence-electron chi connectivity index (χ2n) is 7.21. The van der Waals surface area contributed by atoms with E-state index in [1.165, 1.54) is 23.9 Å². The molecule has 0 saturated heterocycles. The highest BCUT2D eigenvalue weighted by Crippen LogP contribution is 2.22. The first kappa shape index (κ1) is 23.8. The molecule has 4 nitrogen and oxygen atoms in total. The van der Waals surface area contributed by atoms with Crippen molar-refractivity contribution in [2.24, 2.45) is 0 Å². The van der Waals surface area contributed by atoms with E-state index in [0.29, 0.717) is 11.4 Å². The van der Waals surface area contributed by atoms with E-state index in [1.807, 2.05) is 42.5 Å². The number of nitrogens with one attached hydrogen (secondary N) is 1. The summed E-state index contributed by atoms with van der Waals surface area (Å²) >= 11 is 7.32. The molecule has 2 amide bonds. The van der Waals surface area contributed by atoms with Crippen LogP contribution in [0.5, 0.6) is 0 Å². The van der Waals surface area contributed by atoms with Gasteiger partial charge < -0.3 is 10.2 Å².